The van der Waals surface area contributed by atoms with Gasteiger partial charge in [-0.15, -0.1) is 10.2 Å². The fourth-order valence-electron chi connectivity index (χ4n) is 3.57. The molecule has 13 heteroatoms. The van der Waals surface area contributed by atoms with E-state index in [1.54, 1.807) is 21.6 Å². The SMILES string of the molecule is Cc1cc(-c2ccc3nnc(CNc4ccnc5cc(OCc6ncnn6C)cnc45)n3n2)sn1. The Labute approximate surface area is 202 Å². The summed E-state index contributed by atoms with van der Waals surface area (Å²) < 4.78 is 13.6. The molecule has 0 saturated heterocycles. The number of ether oxygens (including phenoxy) is 1. The molecule has 0 radical (unpaired) electrons. The molecule has 6 heterocycles. The number of fused-ring (bicyclic) bond motifs is 2. The highest BCUT2D eigenvalue weighted by Crippen LogP contribution is 2.25. The van der Waals surface area contributed by atoms with E-state index in [-0.39, 0.29) is 6.61 Å². The van der Waals surface area contributed by atoms with E-state index in [1.807, 2.05) is 44.3 Å². The smallest absolute Gasteiger partial charge is 0.178 e. The summed E-state index contributed by atoms with van der Waals surface area (Å²) in [5.74, 6) is 2.00. The zero-order valence-electron chi connectivity index (χ0n) is 18.8. The predicted octanol–water partition coefficient (Wildman–Crippen LogP) is 2.82. The van der Waals surface area contributed by atoms with Gasteiger partial charge in [-0.25, -0.2) is 9.97 Å². The third kappa shape index (κ3) is 4.12. The first-order chi connectivity index (χ1) is 17.1. The van der Waals surface area contributed by atoms with Gasteiger partial charge in [0.05, 0.1) is 34.5 Å². The number of anilines is 1. The van der Waals surface area contributed by atoms with Crippen molar-refractivity contribution in [3.63, 3.8) is 0 Å². The molecule has 0 atom stereocenters. The van der Waals surface area contributed by atoms with Gasteiger partial charge in [0, 0.05) is 19.3 Å². The molecular formula is C22H19N11OS. The zero-order chi connectivity index (χ0) is 23.8. The second-order valence-corrected chi connectivity index (χ2v) is 8.58. The fraction of sp³-hybridized carbons (Fsp3) is 0.182. The number of nitrogens with one attached hydrogen (secondary N) is 1. The Balaban J connectivity index is 1.22. The minimum atomic E-state index is 0.289. The van der Waals surface area contributed by atoms with E-state index >= 15 is 0 Å². The topological polar surface area (TPSA) is 134 Å². The number of hydrogen-bond acceptors (Lipinski definition) is 11. The molecule has 0 aliphatic rings. The summed E-state index contributed by atoms with van der Waals surface area (Å²) in [7, 11) is 1.82. The Morgan fingerprint density at radius 2 is 2.00 bits per heavy atom. The highest BCUT2D eigenvalue weighted by Gasteiger charge is 2.12. The number of rotatable bonds is 7. The standard InChI is InChI=1S/C22H19N11OS/c1-13-7-18(35-31-13)15-3-4-19-28-29-20(33(19)30-15)10-24-16-5-6-23-17-8-14(9-25-22(16)17)34-11-21-26-12-27-32(21)2/h3-9,12H,10-11H2,1-2H3,(H,23,24). The maximum atomic E-state index is 5.82. The second-order valence-electron chi connectivity index (χ2n) is 7.78. The molecule has 0 aliphatic heterocycles. The van der Waals surface area contributed by atoms with Gasteiger partial charge in [-0.2, -0.15) is 19.1 Å². The lowest BCUT2D eigenvalue weighted by Gasteiger charge is -2.10. The Morgan fingerprint density at radius 3 is 2.83 bits per heavy atom. The molecule has 0 bridgehead atoms. The van der Waals surface area contributed by atoms with E-state index in [9.17, 15) is 0 Å². The van der Waals surface area contributed by atoms with Crippen molar-refractivity contribution in [2.24, 2.45) is 7.05 Å². The lowest BCUT2D eigenvalue weighted by molar-refractivity contribution is 0.289. The minimum Gasteiger partial charge on any atom is -0.484 e. The lowest BCUT2D eigenvalue weighted by Crippen LogP contribution is -2.07. The second kappa shape index (κ2) is 8.68. The molecule has 0 aromatic carbocycles. The van der Waals surface area contributed by atoms with Gasteiger partial charge in [0.25, 0.3) is 0 Å². The summed E-state index contributed by atoms with van der Waals surface area (Å²) in [5.41, 5.74) is 4.72. The van der Waals surface area contributed by atoms with Crippen LogP contribution in [0.2, 0.25) is 0 Å². The Hall–Kier alpha value is -4.52. The molecule has 12 nitrogen and oxygen atoms in total. The van der Waals surface area contributed by atoms with Crippen molar-refractivity contribution in [3.05, 3.63) is 66.4 Å². The molecule has 0 spiro atoms. The van der Waals surface area contributed by atoms with Crippen molar-refractivity contribution < 1.29 is 4.74 Å². The Bertz CT molecular complexity index is 1650. The largest absolute Gasteiger partial charge is 0.484 e. The maximum Gasteiger partial charge on any atom is 0.178 e. The van der Waals surface area contributed by atoms with Crippen LogP contribution in [0.25, 0.3) is 27.3 Å². The number of nitrogens with zero attached hydrogens (tertiary/aromatic N) is 10. The van der Waals surface area contributed by atoms with E-state index in [2.05, 4.69) is 39.9 Å². The number of hydrogen-bond donors (Lipinski definition) is 1. The van der Waals surface area contributed by atoms with Crippen LogP contribution in [0.4, 0.5) is 5.69 Å². The molecule has 6 aromatic heterocycles. The summed E-state index contributed by atoms with van der Waals surface area (Å²) in [6, 6.07) is 9.57. The third-order valence-electron chi connectivity index (χ3n) is 5.37. The predicted molar refractivity (Wildman–Crippen MR) is 129 cm³/mol. The van der Waals surface area contributed by atoms with Crippen LogP contribution in [-0.4, -0.2) is 48.9 Å². The van der Waals surface area contributed by atoms with E-state index in [1.165, 1.54) is 17.9 Å². The monoisotopic (exact) mass is 485 g/mol. The fourth-order valence-corrected chi connectivity index (χ4v) is 4.29. The first kappa shape index (κ1) is 21.0. The van der Waals surface area contributed by atoms with Gasteiger partial charge in [0.15, 0.2) is 17.3 Å². The van der Waals surface area contributed by atoms with Crippen LogP contribution >= 0.6 is 11.5 Å². The average molecular weight is 486 g/mol. The first-order valence-electron chi connectivity index (χ1n) is 10.7. The van der Waals surface area contributed by atoms with E-state index < -0.39 is 0 Å². The van der Waals surface area contributed by atoms with E-state index in [4.69, 9.17) is 9.84 Å². The molecule has 0 unspecified atom stereocenters. The Morgan fingerprint density at radius 1 is 1.06 bits per heavy atom. The quantitative estimate of drug-likeness (QED) is 0.360. The van der Waals surface area contributed by atoms with Gasteiger partial charge in [0.1, 0.15) is 29.9 Å². The molecule has 0 aliphatic carbocycles. The van der Waals surface area contributed by atoms with Crippen LogP contribution in [-0.2, 0) is 20.2 Å². The molecule has 0 saturated carbocycles. The highest BCUT2D eigenvalue weighted by atomic mass is 32.1. The van der Waals surface area contributed by atoms with Crippen LogP contribution in [0, 0.1) is 6.92 Å². The highest BCUT2D eigenvalue weighted by molar-refractivity contribution is 7.09. The molecule has 0 amide bonds. The van der Waals surface area contributed by atoms with Crippen molar-refractivity contribution in [1.82, 2.24) is 48.9 Å². The van der Waals surface area contributed by atoms with Crippen molar-refractivity contribution in [3.8, 4) is 16.3 Å². The van der Waals surface area contributed by atoms with Crippen LogP contribution in [0.15, 0.2) is 49.1 Å². The third-order valence-corrected chi connectivity index (χ3v) is 6.27. The number of aromatic nitrogens is 10. The summed E-state index contributed by atoms with van der Waals surface area (Å²) in [5, 5.41) is 20.7. The normalized spacial score (nSPS) is 11.4. The summed E-state index contributed by atoms with van der Waals surface area (Å²) >= 11 is 1.42. The van der Waals surface area contributed by atoms with Crippen molar-refractivity contribution in [1.29, 1.82) is 0 Å². The summed E-state index contributed by atoms with van der Waals surface area (Å²) in [6.45, 7) is 2.66. The van der Waals surface area contributed by atoms with E-state index in [0.717, 1.165) is 33.3 Å². The van der Waals surface area contributed by atoms with Gasteiger partial charge in [-0.05, 0) is 42.7 Å². The van der Waals surface area contributed by atoms with Gasteiger partial charge in [-0.3, -0.25) is 9.67 Å². The average Bonchev–Trinajstić information content (AvgIpc) is 3.60. The molecule has 35 heavy (non-hydrogen) atoms. The van der Waals surface area contributed by atoms with Gasteiger partial charge < -0.3 is 10.1 Å². The van der Waals surface area contributed by atoms with Crippen molar-refractivity contribution >= 4 is 33.9 Å². The summed E-state index contributed by atoms with van der Waals surface area (Å²) in [6.07, 6.45) is 4.89. The lowest BCUT2D eigenvalue weighted by atomic mass is 10.2. The van der Waals surface area contributed by atoms with E-state index in [0.29, 0.717) is 29.3 Å². The Kier molecular flexibility index (Phi) is 5.22. The molecule has 1 N–H and O–H groups in total. The minimum absolute atomic E-state index is 0.289. The zero-order valence-corrected chi connectivity index (χ0v) is 19.6. The molecule has 6 aromatic rings. The molecule has 0 fully saturated rings. The van der Waals surface area contributed by atoms with Gasteiger partial charge >= 0.3 is 0 Å². The molecule has 174 valence electrons. The maximum absolute atomic E-state index is 5.82. The van der Waals surface area contributed by atoms with Crippen LogP contribution in [0.3, 0.4) is 0 Å². The van der Waals surface area contributed by atoms with Crippen molar-refractivity contribution in [2.45, 2.75) is 20.1 Å². The first-order valence-corrected chi connectivity index (χ1v) is 11.5. The number of aryl methyl sites for hydroxylation is 2. The molecular weight excluding hydrogens is 466 g/mol. The van der Waals surface area contributed by atoms with Crippen LogP contribution < -0.4 is 10.1 Å². The summed E-state index contributed by atoms with van der Waals surface area (Å²) in [4.78, 5) is 14.2. The van der Waals surface area contributed by atoms with Crippen LogP contribution in [0.5, 0.6) is 5.75 Å². The van der Waals surface area contributed by atoms with Crippen LogP contribution in [0.1, 0.15) is 17.3 Å². The van der Waals surface area contributed by atoms with Gasteiger partial charge in [-0.1, -0.05) is 0 Å². The van der Waals surface area contributed by atoms with Gasteiger partial charge in [0.2, 0.25) is 0 Å². The molecule has 6 rings (SSSR count). The van der Waals surface area contributed by atoms with Crippen molar-refractivity contribution in [2.75, 3.05) is 5.32 Å². The number of pyridine rings is 2.